The maximum atomic E-state index is 11.1. The van der Waals surface area contributed by atoms with E-state index in [1.807, 2.05) is 17.8 Å². The van der Waals surface area contributed by atoms with Gasteiger partial charge in [0.1, 0.15) is 48.8 Å². The molecule has 19 heteroatoms. The van der Waals surface area contributed by atoms with E-state index in [0.29, 0.717) is 32.5 Å². The van der Waals surface area contributed by atoms with Crippen LogP contribution < -0.4 is 9.80 Å². The van der Waals surface area contributed by atoms with Crippen LogP contribution in [0.25, 0.3) is 0 Å². The zero-order chi connectivity index (χ0) is 52.8. The number of rotatable bonds is 16. The molecule has 4 aromatic carbocycles. The molecule has 410 valence electrons. The minimum Gasteiger partial charge on any atom is -0.394 e. The molecule has 0 aliphatic carbocycles. The van der Waals surface area contributed by atoms with Crippen LogP contribution in [-0.2, 0) is 9.47 Å². The zero-order valence-corrected chi connectivity index (χ0v) is 44.8. The Morgan fingerprint density at radius 1 is 0.453 bits per heavy atom. The highest BCUT2D eigenvalue weighted by Gasteiger charge is 2.44. The molecule has 6 aliphatic rings. The molecule has 0 bridgehead atoms. The predicted octanol–water partition coefficient (Wildman–Crippen LogP) is 2.65. The molecular formula is C56H78N6O11S2. The average Bonchev–Trinajstić information content (AvgIpc) is 3.42. The van der Waals surface area contributed by atoms with Crippen molar-refractivity contribution in [2.45, 2.75) is 120 Å². The molecule has 1 unspecified atom stereocenters. The van der Waals surface area contributed by atoms with Gasteiger partial charge < -0.3 is 79.9 Å². The minimum atomic E-state index is -1.33. The highest BCUT2D eigenvalue weighted by Crippen LogP contribution is 2.49. The van der Waals surface area contributed by atoms with Gasteiger partial charge in [-0.2, -0.15) is 0 Å². The van der Waals surface area contributed by atoms with Gasteiger partial charge in [0.15, 0.2) is 0 Å². The second-order valence-corrected chi connectivity index (χ2v) is 23.2. The fraction of sp³-hybridized carbons (Fsp3) is 0.571. The molecule has 4 aromatic rings. The third kappa shape index (κ3) is 13.5. The number of hydrogen-bond acceptors (Lipinski definition) is 19. The van der Waals surface area contributed by atoms with E-state index in [1.54, 1.807) is 11.8 Å². The lowest BCUT2D eigenvalue weighted by Crippen LogP contribution is -2.59. The second kappa shape index (κ2) is 26.0. The Bertz CT molecular complexity index is 2460. The van der Waals surface area contributed by atoms with E-state index in [2.05, 4.69) is 122 Å². The summed E-state index contributed by atoms with van der Waals surface area (Å²) in [5.74, 6) is 0. The summed E-state index contributed by atoms with van der Waals surface area (Å²) in [6.45, 7) is 15.2. The Labute approximate surface area is 449 Å². The molecule has 6 aliphatic heterocycles. The molecule has 0 aromatic heterocycles. The first-order valence-electron chi connectivity index (χ1n) is 26.8. The molecule has 0 amide bonds. The Morgan fingerprint density at radius 2 is 0.853 bits per heavy atom. The third-order valence-electron chi connectivity index (χ3n) is 15.7. The van der Waals surface area contributed by atoms with Crippen LogP contribution in [0.2, 0.25) is 0 Å². The number of aliphatic hydroxyl groups is 9. The Hall–Kier alpha value is -3.42. The highest BCUT2D eigenvalue weighted by atomic mass is 32.2. The standard InChI is InChI=1S/C28H39N3O6S.C28H39N3O5S/c1-18-6-7-25-21(14-18)31(20-4-2-3-5-24(20)38-25)16-19(33)15-30-12-10-29(11-13-30)9-8-22-26(34)28(36)27(35)23(17-32)37-22;1-19-7-8-25-21(17-19)31(20-5-2-3-6-24(20)37-25)11-4-10-29-13-15-30(16-14-29)12-9-22-26(33)28(35)27(34)23(18-32)36-22/h2-7,14,19,22-23,26-28,32-36H,8-13,15-17H2,1H3;2-3,5-8,17,22-23,26-28,32-35H,4,9-16,18H2,1H3/t19?,22-,23-,26+,27-,28-;22-,23-,26+,27-,28-/m11/s1. The van der Waals surface area contributed by atoms with Gasteiger partial charge in [0.2, 0.25) is 0 Å². The zero-order valence-electron chi connectivity index (χ0n) is 43.2. The van der Waals surface area contributed by atoms with Crippen molar-refractivity contribution in [1.82, 2.24) is 19.6 Å². The lowest BCUT2D eigenvalue weighted by molar-refractivity contribution is -0.230. The van der Waals surface area contributed by atoms with Crippen molar-refractivity contribution in [3.05, 3.63) is 96.1 Å². The molecule has 75 heavy (non-hydrogen) atoms. The molecule has 4 fully saturated rings. The summed E-state index contributed by atoms with van der Waals surface area (Å²) in [6, 6.07) is 30.2. The number of ether oxygens (including phenoxy) is 2. The van der Waals surface area contributed by atoms with Gasteiger partial charge in [-0.3, -0.25) is 4.90 Å². The van der Waals surface area contributed by atoms with E-state index in [-0.39, 0.29) is 6.61 Å². The highest BCUT2D eigenvalue weighted by molar-refractivity contribution is 8.00. The number of para-hydroxylation sites is 2. The Kier molecular flexibility index (Phi) is 19.5. The van der Waals surface area contributed by atoms with Crippen molar-refractivity contribution in [2.75, 3.05) is 115 Å². The normalized spacial score (nSPS) is 28.9. The maximum Gasteiger partial charge on any atom is 0.111 e. The molecule has 11 atom stereocenters. The van der Waals surface area contributed by atoms with E-state index < -0.39 is 73.8 Å². The van der Waals surface area contributed by atoms with Crippen LogP contribution in [0.3, 0.4) is 0 Å². The lowest BCUT2D eigenvalue weighted by Gasteiger charge is -2.41. The topological polar surface area (TPSA) is 220 Å². The quantitative estimate of drug-likeness (QED) is 0.0788. The number of hydrogen-bond donors (Lipinski definition) is 9. The van der Waals surface area contributed by atoms with E-state index >= 15 is 0 Å². The first kappa shape index (κ1) is 56.3. The van der Waals surface area contributed by atoms with Crippen molar-refractivity contribution < 1.29 is 55.4 Å². The number of aryl methyl sites for hydroxylation is 2. The summed E-state index contributed by atoms with van der Waals surface area (Å²) in [4.78, 5) is 19.2. The van der Waals surface area contributed by atoms with E-state index in [0.717, 1.165) is 89.8 Å². The van der Waals surface area contributed by atoms with Gasteiger partial charge in [-0.15, -0.1) is 0 Å². The molecule has 17 nitrogen and oxygen atoms in total. The van der Waals surface area contributed by atoms with Gasteiger partial charge in [-0.05, 0) is 99.3 Å². The number of piperazine rings is 2. The number of nitrogens with zero attached hydrogens (tertiary/aromatic N) is 6. The van der Waals surface area contributed by atoms with Crippen LogP contribution in [0.15, 0.2) is 105 Å². The molecule has 6 heterocycles. The Balaban J connectivity index is 0.000000184. The predicted molar refractivity (Wildman–Crippen MR) is 291 cm³/mol. The second-order valence-electron chi connectivity index (χ2n) is 21.0. The van der Waals surface area contributed by atoms with Crippen molar-refractivity contribution in [3.8, 4) is 0 Å². The van der Waals surface area contributed by atoms with Crippen LogP contribution in [0.1, 0.15) is 30.4 Å². The summed E-state index contributed by atoms with van der Waals surface area (Å²) in [5, 5.41) is 90.5. The summed E-state index contributed by atoms with van der Waals surface area (Å²) in [7, 11) is 0. The van der Waals surface area contributed by atoms with E-state index in [9.17, 15) is 46.0 Å². The fourth-order valence-corrected chi connectivity index (χ4v) is 13.4. The monoisotopic (exact) mass is 1070 g/mol. The van der Waals surface area contributed by atoms with Crippen molar-refractivity contribution >= 4 is 46.3 Å². The number of fused-ring (bicyclic) bond motifs is 4. The van der Waals surface area contributed by atoms with Gasteiger partial charge in [-0.25, -0.2) is 0 Å². The maximum absolute atomic E-state index is 11.1. The van der Waals surface area contributed by atoms with Crippen LogP contribution in [0.4, 0.5) is 22.7 Å². The summed E-state index contributed by atoms with van der Waals surface area (Å²) in [6.07, 6.45) is -8.89. The van der Waals surface area contributed by atoms with Crippen molar-refractivity contribution in [2.24, 2.45) is 0 Å². The largest absolute Gasteiger partial charge is 0.394 e. The lowest BCUT2D eigenvalue weighted by atomic mass is 9.93. The molecule has 4 saturated heterocycles. The molecular weight excluding hydrogens is 997 g/mol. The number of β-amino-alcohol motifs (C(OH)–C–C–N with tert-alkyl or cyclic N) is 1. The molecule has 0 saturated carbocycles. The fourth-order valence-electron chi connectivity index (χ4n) is 11.2. The third-order valence-corrected chi connectivity index (χ3v) is 17.9. The average molecular weight is 1080 g/mol. The molecule has 10 rings (SSSR count). The summed E-state index contributed by atoms with van der Waals surface area (Å²) in [5.41, 5.74) is 7.36. The molecule has 9 N–H and O–H groups in total. The Morgan fingerprint density at radius 3 is 1.33 bits per heavy atom. The summed E-state index contributed by atoms with van der Waals surface area (Å²) >= 11 is 3.62. The minimum absolute atomic E-state index is 0.382. The number of anilines is 4. The van der Waals surface area contributed by atoms with E-state index in [4.69, 9.17) is 9.47 Å². The first-order chi connectivity index (χ1) is 36.3. The van der Waals surface area contributed by atoms with Crippen molar-refractivity contribution in [3.63, 3.8) is 0 Å². The van der Waals surface area contributed by atoms with E-state index in [1.165, 1.54) is 42.1 Å². The van der Waals surface area contributed by atoms with Gasteiger partial charge in [0, 0.05) is 98.1 Å². The SMILES string of the molecule is Cc1ccc2c(c1)N(CC(O)CN1CCN(CC[C@H]3O[C@H](CO)[C@@H](O)[C@H](O)[C@H]3O)CC1)c1ccccc1S2.Cc1ccc2c(c1)N(CCCN1CCN(CC[C@H]3O[C@H](CO)[C@@H](O)[C@H](O)[C@H]3O)CC1)c1ccccc1S2. The first-order valence-corrected chi connectivity index (χ1v) is 28.4. The molecule has 0 radical (unpaired) electrons. The van der Waals surface area contributed by atoms with Gasteiger partial charge in [0.25, 0.3) is 0 Å². The van der Waals surface area contributed by atoms with Gasteiger partial charge >= 0.3 is 0 Å². The molecule has 0 spiro atoms. The van der Waals surface area contributed by atoms with Crippen LogP contribution >= 0.6 is 23.5 Å². The van der Waals surface area contributed by atoms with Crippen LogP contribution in [0, 0.1) is 13.8 Å². The summed E-state index contributed by atoms with van der Waals surface area (Å²) < 4.78 is 11.3. The van der Waals surface area contributed by atoms with Crippen LogP contribution in [-0.4, -0.2) is 238 Å². The number of benzene rings is 4. The number of aliphatic hydroxyl groups excluding tert-OH is 9. The van der Waals surface area contributed by atoms with Gasteiger partial charge in [-0.1, -0.05) is 59.9 Å². The van der Waals surface area contributed by atoms with Gasteiger partial charge in [0.05, 0.1) is 60.8 Å². The van der Waals surface area contributed by atoms with Crippen LogP contribution in [0.5, 0.6) is 0 Å². The van der Waals surface area contributed by atoms with Crippen molar-refractivity contribution in [1.29, 1.82) is 0 Å². The smallest absolute Gasteiger partial charge is 0.111 e.